The number of nitrogens with one attached hydrogen (secondary N) is 1. The maximum absolute atomic E-state index is 14.1. The molecule has 9 aliphatic rings. The van der Waals surface area contributed by atoms with Crippen molar-refractivity contribution in [3.63, 3.8) is 0 Å². The Balaban J connectivity index is 1.23. The molecule has 3 heterocycles. The van der Waals surface area contributed by atoms with Crippen LogP contribution in [0.15, 0.2) is 69.5 Å². The fourth-order valence-corrected chi connectivity index (χ4v) is 11.1. The lowest BCUT2D eigenvalue weighted by molar-refractivity contribution is -0.135. The van der Waals surface area contributed by atoms with Crippen LogP contribution in [0.25, 0.3) is 0 Å². The van der Waals surface area contributed by atoms with Gasteiger partial charge < -0.3 is 20.5 Å². The average Bonchev–Trinajstić information content (AvgIpc) is 3.73. The minimum absolute atomic E-state index is 0.0618. The third-order valence-electron chi connectivity index (χ3n) is 13.2. The van der Waals surface area contributed by atoms with Gasteiger partial charge in [0.2, 0.25) is 0 Å². The van der Waals surface area contributed by atoms with Gasteiger partial charge in [-0.1, -0.05) is 63.5 Å². The maximum Gasteiger partial charge on any atom is 0.340 e. The summed E-state index contributed by atoms with van der Waals surface area (Å²) in [7, 11) is 0. The highest BCUT2D eigenvalue weighted by Gasteiger charge is 2.68. The molecule has 6 heteroatoms. The predicted octanol–water partition coefficient (Wildman–Crippen LogP) is 7.95. The van der Waals surface area contributed by atoms with Crippen molar-refractivity contribution in [2.45, 2.75) is 116 Å². The molecule has 9 rings (SSSR count). The molecule has 240 valence electrons. The lowest BCUT2D eigenvalue weighted by Crippen LogP contribution is -2.52. The molecule has 6 nitrogen and oxygen atoms in total. The number of nitrogens with two attached hydrogens (primary N) is 1. The zero-order valence-corrected chi connectivity index (χ0v) is 27.1. The summed E-state index contributed by atoms with van der Waals surface area (Å²) < 4.78 is 12.6. The van der Waals surface area contributed by atoms with Crippen molar-refractivity contribution in [3.05, 3.63) is 69.5 Å². The third kappa shape index (κ3) is 4.71. The molecule has 4 unspecified atom stereocenters. The van der Waals surface area contributed by atoms with Gasteiger partial charge in [0.1, 0.15) is 11.5 Å². The van der Waals surface area contributed by atoms with Crippen molar-refractivity contribution >= 4 is 11.9 Å². The molecular formula is C39H50N2O4. The van der Waals surface area contributed by atoms with Crippen molar-refractivity contribution < 1.29 is 19.1 Å². The van der Waals surface area contributed by atoms with Crippen LogP contribution in [0.4, 0.5) is 0 Å². The fourth-order valence-electron chi connectivity index (χ4n) is 11.1. The Labute approximate surface area is 268 Å². The number of carbonyl (C=O) groups excluding carboxylic acids is 2. The summed E-state index contributed by atoms with van der Waals surface area (Å²) in [5.74, 6) is 3.24. The van der Waals surface area contributed by atoms with E-state index >= 15 is 0 Å². The zero-order chi connectivity index (χ0) is 30.8. The van der Waals surface area contributed by atoms with E-state index in [1.54, 1.807) is 0 Å². The molecule has 0 aromatic rings. The normalized spacial score (nSPS) is 35.6. The first-order chi connectivity index (χ1) is 21.9. The molecule has 3 saturated carbocycles. The first kappa shape index (κ1) is 29.4. The highest BCUT2D eigenvalue weighted by Crippen LogP contribution is 2.71. The molecule has 6 aliphatic carbocycles. The highest BCUT2D eigenvalue weighted by molar-refractivity contribution is 6.00. The van der Waals surface area contributed by atoms with Gasteiger partial charge in [-0.3, -0.25) is 0 Å². The first-order valence-electron chi connectivity index (χ1n) is 18.2. The van der Waals surface area contributed by atoms with E-state index in [4.69, 9.17) is 15.2 Å². The Bertz CT molecular complexity index is 1480. The molecular weight excluding hydrogens is 560 g/mol. The molecule has 1 saturated heterocycles. The Morgan fingerprint density at radius 3 is 2.60 bits per heavy atom. The van der Waals surface area contributed by atoms with E-state index in [1.807, 2.05) is 6.08 Å². The van der Waals surface area contributed by atoms with E-state index in [0.717, 1.165) is 91.1 Å². The maximum atomic E-state index is 14.1. The molecule has 1 spiro atoms. The van der Waals surface area contributed by atoms with Crippen LogP contribution in [-0.2, 0) is 19.1 Å². The number of dihydropyridines is 1. The van der Waals surface area contributed by atoms with Crippen LogP contribution in [0.3, 0.4) is 0 Å². The Morgan fingerprint density at radius 2 is 1.82 bits per heavy atom. The topological polar surface area (TPSA) is 90.6 Å². The number of hydrogen-bond acceptors (Lipinski definition) is 6. The van der Waals surface area contributed by atoms with Crippen LogP contribution in [-0.4, -0.2) is 18.5 Å². The molecule has 2 bridgehead atoms. The minimum atomic E-state index is -0.577. The first-order valence-corrected chi connectivity index (χ1v) is 18.2. The third-order valence-corrected chi connectivity index (χ3v) is 13.2. The standard InChI is InChI=1S/C39H50N2O4/c1-2-38(17-6-7-18-38)23-30-28-14-13-27-26-15-19-39(34(27)33(28)36(42)44-30)31(12-8-11-24-9-4-3-5-10-24)45-37(43)35(39)29(26)21-25-16-20-41-32(40)22-25/h12,16,22-24,26-27,34,41H,2-11,13-15,17-21,40H2,1H3. The van der Waals surface area contributed by atoms with E-state index in [2.05, 4.69) is 30.5 Å². The zero-order valence-electron chi connectivity index (χ0n) is 27.1. The van der Waals surface area contributed by atoms with E-state index in [-0.39, 0.29) is 29.2 Å². The summed E-state index contributed by atoms with van der Waals surface area (Å²) in [5, 5.41) is 3.19. The van der Waals surface area contributed by atoms with Crippen molar-refractivity contribution in [3.8, 4) is 0 Å². The molecule has 4 fully saturated rings. The number of carbonyl (C=O) groups is 2. The highest BCUT2D eigenvalue weighted by atomic mass is 16.5. The molecule has 4 atom stereocenters. The monoisotopic (exact) mass is 610 g/mol. The van der Waals surface area contributed by atoms with E-state index in [1.165, 1.54) is 63.4 Å². The molecule has 0 amide bonds. The van der Waals surface area contributed by atoms with E-state index in [9.17, 15) is 9.59 Å². The molecule has 3 N–H and O–H groups in total. The van der Waals surface area contributed by atoms with Crippen LogP contribution in [0, 0.1) is 34.5 Å². The number of esters is 2. The Hall–Kier alpha value is -3.02. The fraction of sp³-hybridized carbons (Fsp3) is 0.641. The molecule has 0 aromatic heterocycles. The van der Waals surface area contributed by atoms with Gasteiger partial charge in [0.25, 0.3) is 0 Å². The van der Waals surface area contributed by atoms with Crippen molar-refractivity contribution in [1.82, 2.24) is 5.32 Å². The van der Waals surface area contributed by atoms with Gasteiger partial charge in [-0.2, -0.15) is 0 Å². The van der Waals surface area contributed by atoms with Gasteiger partial charge in [0.15, 0.2) is 0 Å². The predicted molar refractivity (Wildman–Crippen MR) is 174 cm³/mol. The number of allylic oxidation sites excluding steroid dienone is 7. The van der Waals surface area contributed by atoms with Gasteiger partial charge in [-0.15, -0.1) is 0 Å². The number of rotatable bonds is 7. The van der Waals surface area contributed by atoms with Gasteiger partial charge in [0.05, 0.1) is 16.8 Å². The second kappa shape index (κ2) is 11.3. The molecule has 45 heavy (non-hydrogen) atoms. The summed E-state index contributed by atoms with van der Waals surface area (Å²) in [5.41, 5.74) is 11.0. The van der Waals surface area contributed by atoms with Crippen LogP contribution < -0.4 is 11.1 Å². The second-order valence-electron chi connectivity index (χ2n) is 15.4. The number of fused-ring (bicyclic) bond motifs is 1. The van der Waals surface area contributed by atoms with Crippen molar-refractivity contribution in [1.29, 1.82) is 0 Å². The quantitative estimate of drug-likeness (QED) is 0.284. The van der Waals surface area contributed by atoms with Crippen LogP contribution in [0.2, 0.25) is 0 Å². The summed E-state index contributed by atoms with van der Waals surface area (Å²) in [6, 6.07) is 0. The Kier molecular flexibility index (Phi) is 7.41. The summed E-state index contributed by atoms with van der Waals surface area (Å²) in [4.78, 5) is 28.1. The van der Waals surface area contributed by atoms with Crippen LogP contribution in [0.1, 0.15) is 116 Å². The van der Waals surface area contributed by atoms with Gasteiger partial charge in [0, 0.05) is 23.6 Å². The summed E-state index contributed by atoms with van der Waals surface area (Å²) >= 11 is 0. The van der Waals surface area contributed by atoms with E-state index in [0.29, 0.717) is 18.3 Å². The van der Waals surface area contributed by atoms with E-state index < -0.39 is 5.41 Å². The lowest BCUT2D eigenvalue weighted by Gasteiger charge is -2.56. The summed E-state index contributed by atoms with van der Waals surface area (Å²) in [6.07, 6.45) is 27.9. The largest absolute Gasteiger partial charge is 0.427 e. The van der Waals surface area contributed by atoms with Crippen molar-refractivity contribution in [2.24, 2.45) is 40.2 Å². The van der Waals surface area contributed by atoms with Crippen molar-refractivity contribution in [2.75, 3.05) is 6.54 Å². The number of cyclic esters (lactones) is 2. The molecule has 0 aromatic carbocycles. The Morgan fingerprint density at radius 1 is 1.00 bits per heavy atom. The smallest absolute Gasteiger partial charge is 0.340 e. The lowest BCUT2D eigenvalue weighted by atomic mass is 9.44. The number of hydrogen-bond donors (Lipinski definition) is 2. The van der Waals surface area contributed by atoms with Crippen LogP contribution >= 0.6 is 0 Å². The SMILES string of the molecule is CCC1(C=C2OC(=O)C3=C2CCC2C4CCC5(C(=CCCC6CCCCC6)OC(=O)C5=C4CC4=CCNC(N)=C4)C32)CCCC1. The molecule has 3 aliphatic heterocycles. The minimum Gasteiger partial charge on any atom is -0.427 e. The van der Waals surface area contributed by atoms with Gasteiger partial charge >= 0.3 is 11.9 Å². The molecule has 0 radical (unpaired) electrons. The number of ether oxygens (including phenoxy) is 2. The van der Waals surface area contributed by atoms with Crippen LogP contribution in [0.5, 0.6) is 0 Å². The summed E-state index contributed by atoms with van der Waals surface area (Å²) in [6.45, 7) is 2.98. The van der Waals surface area contributed by atoms with Gasteiger partial charge in [-0.05, 0) is 111 Å². The average molecular weight is 611 g/mol. The second-order valence-corrected chi connectivity index (χ2v) is 15.4. The van der Waals surface area contributed by atoms with Gasteiger partial charge in [-0.25, -0.2) is 9.59 Å².